The van der Waals surface area contributed by atoms with Gasteiger partial charge in [-0.05, 0) is 43.2 Å². The van der Waals surface area contributed by atoms with E-state index in [4.69, 9.17) is 10.5 Å². The molecule has 6 rings (SSSR count). The normalized spacial score (nSPS) is 17.8. The van der Waals surface area contributed by atoms with E-state index in [1.54, 1.807) is 12.5 Å². The van der Waals surface area contributed by atoms with Crippen LogP contribution in [0.15, 0.2) is 53.4 Å². The van der Waals surface area contributed by atoms with E-state index in [-0.39, 0.29) is 18.0 Å². The lowest BCUT2D eigenvalue weighted by Gasteiger charge is -2.28. The SMILES string of the molecule is Nc1nc2ccc(C(=O)N(C3CC3)C3COc4cc(Br)ccc43)cc2n2cncc12. The van der Waals surface area contributed by atoms with E-state index in [9.17, 15) is 4.79 Å². The lowest BCUT2D eigenvalue weighted by Crippen LogP contribution is -2.37. The molecule has 150 valence electrons. The summed E-state index contributed by atoms with van der Waals surface area (Å²) in [4.78, 5) is 24.3. The number of nitrogens with zero attached hydrogens (tertiary/aromatic N) is 4. The lowest BCUT2D eigenvalue weighted by molar-refractivity contribution is 0.0630. The number of fused-ring (bicyclic) bond motifs is 4. The molecule has 1 atom stereocenters. The minimum atomic E-state index is -0.0818. The largest absolute Gasteiger partial charge is 0.491 e. The summed E-state index contributed by atoms with van der Waals surface area (Å²) >= 11 is 3.49. The molecule has 3 heterocycles. The predicted molar refractivity (Wildman–Crippen MR) is 116 cm³/mol. The summed E-state index contributed by atoms with van der Waals surface area (Å²) in [5.74, 6) is 1.27. The first kappa shape index (κ1) is 17.7. The molecule has 0 saturated heterocycles. The summed E-state index contributed by atoms with van der Waals surface area (Å²) in [5.41, 5.74) is 9.99. The molecule has 7 nitrogen and oxygen atoms in total. The molecule has 4 aromatic rings. The van der Waals surface area contributed by atoms with Crippen molar-refractivity contribution in [1.82, 2.24) is 19.3 Å². The predicted octanol–water partition coefficient (Wildman–Crippen LogP) is 3.97. The molecule has 2 aliphatic rings. The van der Waals surface area contributed by atoms with Crippen LogP contribution in [0, 0.1) is 0 Å². The second-order valence-electron chi connectivity index (χ2n) is 7.80. The summed E-state index contributed by atoms with van der Waals surface area (Å²) in [6.45, 7) is 0.478. The summed E-state index contributed by atoms with van der Waals surface area (Å²) in [7, 11) is 0. The number of carbonyl (C=O) groups excluding carboxylic acids is 1. The number of carbonyl (C=O) groups is 1. The van der Waals surface area contributed by atoms with Crippen LogP contribution in [0.3, 0.4) is 0 Å². The molecular formula is C22H18BrN5O2. The summed E-state index contributed by atoms with van der Waals surface area (Å²) in [5, 5.41) is 0. The first-order chi connectivity index (χ1) is 14.6. The Balaban J connectivity index is 1.43. The number of halogens is 1. The zero-order valence-electron chi connectivity index (χ0n) is 16.0. The third-order valence-corrected chi connectivity index (χ3v) is 6.36. The first-order valence-electron chi connectivity index (χ1n) is 9.86. The number of aromatic nitrogens is 3. The minimum absolute atomic E-state index is 0.00820. The fraction of sp³-hybridized carbons (Fsp3) is 0.227. The van der Waals surface area contributed by atoms with Crippen molar-refractivity contribution < 1.29 is 9.53 Å². The van der Waals surface area contributed by atoms with Crippen LogP contribution >= 0.6 is 15.9 Å². The van der Waals surface area contributed by atoms with Crippen molar-refractivity contribution >= 4 is 44.2 Å². The van der Waals surface area contributed by atoms with Crippen molar-refractivity contribution in [2.24, 2.45) is 0 Å². The van der Waals surface area contributed by atoms with Crippen LogP contribution < -0.4 is 10.5 Å². The van der Waals surface area contributed by atoms with E-state index in [0.29, 0.717) is 18.0 Å². The van der Waals surface area contributed by atoms with E-state index < -0.39 is 0 Å². The maximum atomic E-state index is 13.7. The fourth-order valence-corrected chi connectivity index (χ4v) is 4.61. The fourth-order valence-electron chi connectivity index (χ4n) is 4.27. The average molecular weight is 464 g/mol. The van der Waals surface area contributed by atoms with E-state index in [1.165, 1.54) is 0 Å². The van der Waals surface area contributed by atoms with Gasteiger partial charge in [0.1, 0.15) is 23.7 Å². The van der Waals surface area contributed by atoms with Crippen molar-refractivity contribution in [3.05, 3.63) is 64.5 Å². The maximum Gasteiger partial charge on any atom is 0.254 e. The van der Waals surface area contributed by atoms with Crippen LogP contribution in [0.5, 0.6) is 5.75 Å². The minimum Gasteiger partial charge on any atom is -0.491 e. The molecule has 0 spiro atoms. The van der Waals surface area contributed by atoms with Gasteiger partial charge in [0.2, 0.25) is 0 Å². The third-order valence-electron chi connectivity index (χ3n) is 5.87. The van der Waals surface area contributed by atoms with Crippen LogP contribution in [0.2, 0.25) is 0 Å². The smallest absolute Gasteiger partial charge is 0.254 e. The van der Waals surface area contributed by atoms with Crippen LogP contribution in [-0.4, -0.2) is 37.8 Å². The van der Waals surface area contributed by atoms with E-state index in [1.807, 2.05) is 45.7 Å². The third kappa shape index (κ3) is 2.67. The highest BCUT2D eigenvalue weighted by atomic mass is 79.9. The Morgan fingerprint density at radius 1 is 1.20 bits per heavy atom. The number of anilines is 1. The number of amides is 1. The standard InChI is InChI=1S/C22H18BrN5O2/c23-13-2-5-15-19(10-30-20(15)8-13)28(14-3-4-14)22(29)12-1-6-16-17(7-12)27-11-25-9-18(27)21(24)26-16/h1-2,5-9,11,14,19H,3-4,10H2,(H2,24,26). The summed E-state index contributed by atoms with van der Waals surface area (Å²) < 4.78 is 8.75. The molecule has 1 amide bonds. The Hall–Kier alpha value is -3.13. The number of rotatable bonds is 3. The Morgan fingerprint density at radius 3 is 2.90 bits per heavy atom. The Kier molecular flexibility index (Phi) is 3.80. The Morgan fingerprint density at radius 2 is 2.07 bits per heavy atom. The number of hydrogen-bond acceptors (Lipinski definition) is 5. The number of hydrogen-bond donors (Lipinski definition) is 1. The molecule has 0 bridgehead atoms. The highest BCUT2D eigenvalue weighted by Crippen LogP contribution is 2.43. The van der Waals surface area contributed by atoms with Crippen LogP contribution in [0.4, 0.5) is 5.82 Å². The number of ether oxygens (including phenoxy) is 1. The lowest BCUT2D eigenvalue weighted by atomic mass is 10.0. The molecule has 2 N–H and O–H groups in total. The van der Waals surface area contributed by atoms with Gasteiger partial charge in [0.05, 0.1) is 29.6 Å². The molecule has 8 heteroatoms. The number of imidazole rings is 1. The second-order valence-corrected chi connectivity index (χ2v) is 8.72. The highest BCUT2D eigenvalue weighted by Gasteiger charge is 2.41. The Bertz CT molecular complexity index is 1330. The number of benzene rings is 2. The maximum absolute atomic E-state index is 13.7. The Labute approximate surface area is 180 Å². The summed E-state index contributed by atoms with van der Waals surface area (Å²) in [6, 6.07) is 11.7. The first-order valence-corrected chi connectivity index (χ1v) is 10.7. The molecule has 2 aromatic carbocycles. The molecule has 2 aromatic heterocycles. The van der Waals surface area contributed by atoms with Gasteiger partial charge in [-0.1, -0.05) is 22.0 Å². The second kappa shape index (κ2) is 6.43. The van der Waals surface area contributed by atoms with Crippen LogP contribution in [-0.2, 0) is 0 Å². The quantitative estimate of drug-likeness (QED) is 0.496. The molecular weight excluding hydrogens is 446 g/mol. The topological polar surface area (TPSA) is 85.8 Å². The summed E-state index contributed by atoms with van der Waals surface area (Å²) in [6.07, 6.45) is 5.41. The van der Waals surface area contributed by atoms with Crippen LogP contribution in [0.25, 0.3) is 16.6 Å². The van der Waals surface area contributed by atoms with Gasteiger partial charge >= 0.3 is 0 Å². The zero-order chi connectivity index (χ0) is 20.4. The molecule has 0 radical (unpaired) electrons. The van der Waals surface area contributed by atoms with Crippen LogP contribution in [0.1, 0.15) is 34.8 Å². The van der Waals surface area contributed by atoms with E-state index in [2.05, 4.69) is 25.9 Å². The molecule has 30 heavy (non-hydrogen) atoms. The molecule has 1 unspecified atom stereocenters. The van der Waals surface area contributed by atoms with Crippen molar-refractivity contribution in [3.8, 4) is 5.75 Å². The van der Waals surface area contributed by atoms with Gasteiger partial charge in [0, 0.05) is 21.6 Å². The van der Waals surface area contributed by atoms with Crippen molar-refractivity contribution in [1.29, 1.82) is 0 Å². The van der Waals surface area contributed by atoms with E-state index in [0.717, 1.165) is 45.2 Å². The van der Waals surface area contributed by atoms with Gasteiger partial charge in [0.25, 0.3) is 5.91 Å². The van der Waals surface area contributed by atoms with Gasteiger partial charge in [-0.15, -0.1) is 0 Å². The van der Waals surface area contributed by atoms with Crippen molar-refractivity contribution in [3.63, 3.8) is 0 Å². The van der Waals surface area contributed by atoms with Gasteiger partial charge in [-0.2, -0.15) is 0 Å². The van der Waals surface area contributed by atoms with Crippen molar-refractivity contribution in [2.45, 2.75) is 24.9 Å². The molecule has 1 aliphatic heterocycles. The number of nitrogens with two attached hydrogens (primary N) is 1. The molecule has 1 fully saturated rings. The van der Waals surface area contributed by atoms with Gasteiger partial charge in [-0.3, -0.25) is 9.20 Å². The number of nitrogen functional groups attached to an aromatic ring is 1. The van der Waals surface area contributed by atoms with Crippen molar-refractivity contribution in [2.75, 3.05) is 12.3 Å². The molecule has 1 saturated carbocycles. The van der Waals surface area contributed by atoms with Gasteiger partial charge in [0.15, 0.2) is 0 Å². The molecule has 1 aliphatic carbocycles. The monoisotopic (exact) mass is 463 g/mol. The zero-order valence-corrected chi connectivity index (χ0v) is 17.5. The average Bonchev–Trinajstić information content (AvgIpc) is 3.29. The van der Waals surface area contributed by atoms with E-state index >= 15 is 0 Å². The highest BCUT2D eigenvalue weighted by molar-refractivity contribution is 9.10. The van der Waals surface area contributed by atoms with Gasteiger partial charge in [-0.25, -0.2) is 9.97 Å². The van der Waals surface area contributed by atoms with Gasteiger partial charge < -0.3 is 15.4 Å².